The van der Waals surface area contributed by atoms with E-state index >= 15 is 0 Å². The van der Waals surface area contributed by atoms with Crippen molar-refractivity contribution in [1.82, 2.24) is 5.32 Å². The number of hydrogen-bond donors (Lipinski definition) is 1. The number of carbonyl (C=O) groups is 3. The van der Waals surface area contributed by atoms with Gasteiger partial charge < -0.3 is 14.8 Å². The van der Waals surface area contributed by atoms with Crippen LogP contribution in [-0.2, 0) is 42.7 Å². The van der Waals surface area contributed by atoms with E-state index in [9.17, 15) is 27.4 Å². The van der Waals surface area contributed by atoms with Crippen LogP contribution < -0.4 is 9.84 Å². The molecule has 1 aliphatic carbocycles. The Labute approximate surface area is 231 Å². The molecule has 2 rings (SSSR count). The van der Waals surface area contributed by atoms with Gasteiger partial charge in [0.05, 0.1) is 23.7 Å². The minimum Gasteiger partial charge on any atom is -0.462 e. The summed E-state index contributed by atoms with van der Waals surface area (Å²) < 4.78 is 59.2. The van der Waals surface area contributed by atoms with E-state index in [-0.39, 0.29) is 55.5 Å². The molecular weight excluding hydrogens is 549 g/mol. The van der Waals surface area contributed by atoms with E-state index in [0.29, 0.717) is 0 Å². The Kier molecular flexibility index (Phi) is 13.3. The third-order valence-electron chi connectivity index (χ3n) is 6.18. The predicted octanol–water partition coefficient (Wildman–Crippen LogP) is 3.74. The molecule has 1 amide bonds. The first-order chi connectivity index (χ1) is 18.4. The minimum atomic E-state index is -3.99. The molecule has 1 unspecified atom stereocenters. The van der Waals surface area contributed by atoms with Crippen LogP contribution in [-0.4, -0.2) is 64.0 Å². The van der Waals surface area contributed by atoms with E-state index in [2.05, 4.69) is 5.32 Å². The number of para-hydroxylation sites is 1. The molecule has 0 bridgehead atoms. The van der Waals surface area contributed by atoms with E-state index in [1.165, 1.54) is 20.8 Å². The second-order valence-electron chi connectivity index (χ2n) is 10.1. The number of carbonyl (C=O) groups excluding carboxylic acids is 3. The normalized spacial score (nSPS) is 15.6. The van der Waals surface area contributed by atoms with Crippen LogP contribution in [0.2, 0.25) is 0 Å². The SMILES string of the molecule is CC(=O)NCCCS(=O)(=O)OCC(C)(C)[C@H](C(=O)OCCOC(=O)C1CCCCC1)[P+](=O)Oc1ccccc1. The van der Waals surface area contributed by atoms with Crippen LogP contribution in [0.1, 0.15) is 59.3 Å². The van der Waals surface area contributed by atoms with Crippen molar-refractivity contribution < 1.29 is 45.5 Å². The number of esters is 2. The van der Waals surface area contributed by atoms with Crippen LogP contribution in [0.3, 0.4) is 0 Å². The highest BCUT2D eigenvalue weighted by atomic mass is 32.2. The Morgan fingerprint density at radius 2 is 1.69 bits per heavy atom. The standard InChI is InChI=1S/C26H38NO10PS/c1-20(28)27-15-10-18-39(32,33)36-19-26(2,3)23(38(31)37-22-13-8-5-9-14-22)25(30)35-17-16-34-24(29)21-11-6-4-7-12-21/h5,8-9,13-14,21,23H,4,6-7,10-12,15-19H2,1-3H3/p+1/t23-/m0/s1. The third-order valence-corrected chi connectivity index (χ3v) is 9.17. The summed E-state index contributed by atoms with van der Waals surface area (Å²) in [4.78, 5) is 36.3. The minimum absolute atomic E-state index is 0.138. The lowest BCUT2D eigenvalue weighted by molar-refractivity contribution is -0.156. The second kappa shape index (κ2) is 15.9. The van der Waals surface area contributed by atoms with Gasteiger partial charge in [-0.1, -0.05) is 51.3 Å². The van der Waals surface area contributed by atoms with Crippen LogP contribution in [0.5, 0.6) is 5.75 Å². The van der Waals surface area contributed by atoms with Crippen molar-refractivity contribution in [2.24, 2.45) is 11.3 Å². The number of ether oxygens (including phenoxy) is 2. The van der Waals surface area contributed by atoms with Gasteiger partial charge in [0, 0.05) is 13.5 Å². The number of benzene rings is 1. The van der Waals surface area contributed by atoms with Crippen LogP contribution >= 0.6 is 8.03 Å². The fourth-order valence-corrected chi connectivity index (χ4v) is 6.47. The van der Waals surface area contributed by atoms with Gasteiger partial charge in [0.1, 0.15) is 13.2 Å². The lowest BCUT2D eigenvalue weighted by atomic mass is 9.89. The predicted molar refractivity (Wildman–Crippen MR) is 144 cm³/mol. The molecule has 0 saturated heterocycles. The maximum Gasteiger partial charge on any atom is 0.572 e. The first kappa shape index (κ1) is 32.7. The summed E-state index contributed by atoms with van der Waals surface area (Å²) in [6.07, 6.45) is 4.76. The maximum atomic E-state index is 13.2. The van der Waals surface area contributed by atoms with Crippen LogP contribution in [0.15, 0.2) is 30.3 Å². The molecule has 13 heteroatoms. The van der Waals surface area contributed by atoms with Crippen LogP contribution in [0.25, 0.3) is 0 Å². The molecular formula is C26H39NO10PS+. The second-order valence-corrected chi connectivity index (χ2v) is 13.1. The number of rotatable bonds is 16. The molecule has 0 radical (unpaired) electrons. The molecule has 1 aliphatic rings. The Morgan fingerprint density at radius 1 is 1.05 bits per heavy atom. The summed E-state index contributed by atoms with van der Waals surface area (Å²) >= 11 is 0. The van der Waals surface area contributed by atoms with Crippen molar-refractivity contribution >= 4 is 36.0 Å². The van der Waals surface area contributed by atoms with E-state index in [0.717, 1.165) is 32.1 Å². The molecule has 1 aromatic carbocycles. The molecule has 0 spiro atoms. The van der Waals surface area contributed by atoms with Crippen molar-refractivity contribution in [1.29, 1.82) is 0 Å². The fraction of sp³-hybridized carbons (Fsp3) is 0.654. The summed E-state index contributed by atoms with van der Waals surface area (Å²) in [6, 6.07) is 8.24. The highest BCUT2D eigenvalue weighted by Crippen LogP contribution is 2.43. The van der Waals surface area contributed by atoms with E-state index in [1.54, 1.807) is 30.3 Å². The van der Waals surface area contributed by atoms with Crippen molar-refractivity contribution in [2.45, 2.75) is 65.0 Å². The van der Waals surface area contributed by atoms with Gasteiger partial charge in [0.2, 0.25) is 5.91 Å². The van der Waals surface area contributed by atoms with Crippen molar-refractivity contribution in [3.8, 4) is 5.75 Å². The summed E-state index contributed by atoms with van der Waals surface area (Å²) in [5.74, 6) is -1.72. The van der Waals surface area contributed by atoms with Gasteiger partial charge in [0.15, 0.2) is 5.75 Å². The lowest BCUT2D eigenvalue weighted by Crippen LogP contribution is -2.40. The maximum absolute atomic E-state index is 13.2. The molecule has 39 heavy (non-hydrogen) atoms. The molecule has 2 atom stereocenters. The quantitative estimate of drug-likeness (QED) is 0.131. The summed E-state index contributed by atoms with van der Waals surface area (Å²) in [7, 11) is -6.71. The highest BCUT2D eigenvalue weighted by molar-refractivity contribution is 7.86. The monoisotopic (exact) mass is 588 g/mol. The van der Waals surface area contributed by atoms with E-state index < -0.39 is 41.8 Å². The van der Waals surface area contributed by atoms with Crippen molar-refractivity contribution in [2.75, 3.05) is 32.1 Å². The highest BCUT2D eigenvalue weighted by Gasteiger charge is 2.54. The Hall–Kier alpha value is -2.56. The molecule has 0 aromatic heterocycles. The zero-order valence-corrected chi connectivity index (χ0v) is 24.5. The van der Waals surface area contributed by atoms with E-state index in [1.807, 2.05) is 0 Å². The zero-order chi connectivity index (χ0) is 28.9. The number of nitrogens with one attached hydrogen (secondary N) is 1. The summed E-state index contributed by atoms with van der Waals surface area (Å²) in [5.41, 5.74) is -2.68. The van der Waals surface area contributed by atoms with Crippen molar-refractivity contribution in [3.05, 3.63) is 30.3 Å². The van der Waals surface area contributed by atoms with E-state index in [4.69, 9.17) is 18.2 Å². The molecule has 1 aromatic rings. The number of amides is 1. The van der Waals surface area contributed by atoms with Gasteiger partial charge in [-0.2, -0.15) is 8.42 Å². The van der Waals surface area contributed by atoms with Gasteiger partial charge >= 0.3 is 20.0 Å². The van der Waals surface area contributed by atoms with Crippen molar-refractivity contribution in [3.63, 3.8) is 0 Å². The van der Waals surface area contributed by atoms with Gasteiger partial charge in [-0.15, -0.1) is 0 Å². The smallest absolute Gasteiger partial charge is 0.462 e. The Balaban J connectivity index is 2.01. The molecule has 1 N–H and O–H groups in total. The molecule has 0 aliphatic heterocycles. The molecule has 218 valence electrons. The lowest BCUT2D eigenvalue weighted by Gasteiger charge is -2.25. The van der Waals surface area contributed by atoms with Gasteiger partial charge in [-0.05, 0) is 36.0 Å². The average molecular weight is 589 g/mol. The van der Waals surface area contributed by atoms with Crippen LogP contribution in [0, 0.1) is 11.3 Å². The summed E-state index contributed by atoms with van der Waals surface area (Å²) in [5, 5.41) is 2.50. The fourth-order valence-electron chi connectivity index (χ4n) is 4.04. The largest absolute Gasteiger partial charge is 0.572 e. The molecule has 1 fully saturated rings. The summed E-state index contributed by atoms with van der Waals surface area (Å²) in [6.45, 7) is 3.67. The third kappa shape index (κ3) is 12.0. The van der Waals surface area contributed by atoms with Gasteiger partial charge in [0.25, 0.3) is 15.8 Å². The topological polar surface area (TPSA) is 151 Å². The average Bonchev–Trinajstić information content (AvgIpc) is 2.89. The first-order valence-corrected chi connectivity index (χ1v) is 15.9. The zero-order valence-electron chi connectivity index (χ0n) is 22.8. The van der Waals surface area contributed by atoms with Gasteiger partial charge in [-0.3, -0.25) is 18.3 Å². The Morgan fingerprint density at radius 3 is 2.33 bits per heavy atom. The van der Waals surface area contributed by atoms with Crippen LogP contribution in [0.4, 0.5) is 0 Å². The number of hydrogen-bond acceptors (Lipinski definition) is 10. The Bertz CT molecular complexity index is 1070. The molecule has 11 nitrogen and oxygen atoms in total. The molecule has 1 saturated carbocycles. The first-order valence-electron chi connectivity index (χ1n) is 13.1. The van der Waals surface area contributed by atoms with Gasteiger partial charge in [-0.25, -0.2) is 4.79 Å². The molecule has 0 heterocycles.